The van der Waals surface area contributed by atoms with Crippen LogP contribution in [0.2, 0.25) is 0 Å². The average Bonchev–Trinajstić information content (AvgIpc) is 3.50. The van der Waals surface area contributed by atoms with E-state index < -0.39 is 11.9 Å². The molecule has 1 atom stereocenters. The molecule has 1 aliphatic heterocycles. The van der Waals surface area contributed by atoms with Crippen LogP contribution in [0.3, 0.4) is 0 Å². The van der Waals surface area contributed by atoms with Gasteiger partial charge in [-0.2, -0.15) is 0 Å². The van der Waals surface area contributed by atoms with E-state index in [4.69, 9.17) is 9.26 Å². The zero-order valence-corrected chi connectivity index (χ0v) is 26.2. The lowest BCUT2D eigenvalue weighted by Crippen LogP contribution is -2.35. The maximum atomic E-state index is 16.5. The van der Waals surface area contributed by atoms with Crippen molar-refractivity contribution in [1.29, 1.82) is 0 Å². The van der Waals surface area contributed by atoms with Gasteiger partial charge in [0.05, 0.1) is 17.4 Å². The lowest BCUT2D eigenvalue weighted by atomic mass is 9.73. The number of aromatic hydroxyl groups is 1. The number of phenolic OH excluding ortho intramolecular Hbond substituents is 1. The first-order chi connectivity index (χ1) is 22.7. The lowest BCUT2D eigenvalue weighted by Gasteiger charge is -2.38. The van der Waals surface area contributed by atoms with Crippen LogP contribution in [-0.2, 0) is 11.4 Å². The predicted octanol–water partition coefficient (Wildman–Crippen LogP) is 9.05. The van der Waals surface area contributed by atoms with Crippen LogP contribution >= 0.6 is 0 Å². The summed E-state index contributed by atoms with van der Waals surface area (Å²) in [6.07, 6.45) is 0.787. The number of nitrogens with zero attached hydrogens (tertiary/aromatic N) is 2. The minimum Gasteiger partial charge on any atom is -0.506 e. The number of fused-ring (bicyclic) bond motifs is 1. The van der Waals surface area contributed by atoms with Gasteiger partial charge in [-0.1, -0.05) is 92.3 Å². The fraction of sp³-hybridized carbons (Fsp3) is 0.179. The molecule has 1 aromatic heterocycles. The summed E-state index contributed by atoms with van der Waals surface area (Å²) in [7, 11) is 0. The Morgan fingerprint density at radius 2 is 1.77 bits per heavy atom. The van der Waals surface area contributed by atoms with Crippen LogP contribution in [-0.4, -0.2) is 16.0 Å². The van der Waals surface area contributed by atoms with Crippen molar-refractivity contribution in [2.75, 3.05) is 10.2 Å². The Morgan fingerprint density at radius 3 is 2.51 bits per heavy atom. The molecule has 4 aromatic carbocycles. The van der Waals surface area contributed by atoms with Crippen molar-refractivity contribution in [3.05, 3.63) is 144 Å². The van der Waals surface area contributed by atoms with Crippen LogP contribution in [0, 0.1) is 11.2 Å². The second kappa shape index (κ2) is 11.9. The van der Waals surface area contributed by atoms with Crippen LogP contribution < -0.4 is 15.0 Å². The molecule has 0 bridgehead atoms. The number of Topliss-reactive ketones (excluding diaryl/α,β-unsaturated/α-hetero) is 1. The molecule has 0 saturated carbocycles. The third kappa shape index (κ3) is 5.78. The summed E-state index contributed by atoms with van der Waals surface area (Å²) in [6, 6.07) is 29.8. The highest BCUT2D eigenvalue weighted by atomic mass is 19.1. The van der Waals surface area contributed by atoms with Crippen LogP contribution in [0.4, 0.5) is 15.8 Å². The molecule has 7 rings (SSSR count). The van der Waals surface area contributed by atoms with Crippen molar-refractivity contribution in [1.82, 2.24) is 5.16 Å². The third-order valence-electron chi connectivity index (χ3n) is 8.68. The number of carbonyl (C=O) groups excluding carboxylic acids is 1. The van der Waals surface area contributed by atoms with Gasteiger partial charge in [0.25, 0.3) is 0 Å². The van der Waals surface area contributed by atoms with Crippen molar-refractivity contribution in [2.24, 2.45) is 5.41 Å². The van der Waals surface area contributed by atoms with E-state index in [1.54, 1.807) is 35.2 Å². The molecule has 2 aliphatic rings. The Bertz CT molecular complexity index is 2020. The van der Waals surface area contributed by atoms with Gasteiger partial charge < -0.3 is 24.6 Å². The molecule has 8 heteroatoms. The quantitative estimate of drug-likeness (QED) is 0.174. The van der Waals surface area contributed by atoms with E-state index >= 15 is 4.39 Å². The summed E-state index contributed by atoms with van der Waals surface area (Å²) in [5.41, 5.74) is 4.39. The molecule has 1 aliphatic carbocycles. The predicted molar refractivity (Wildman–Crippen MR) is 180 cm³/mol. The SMILES string of the molecule is C=C(c1cc(-c2ccccc2)on1)N1c2cccc(O)c2NC2=C(C(=O)CC(C)(C)C2)C1c1ccc(OCc2ccccc2)cc1F. The summed E-state index contributed by atoms with van der Waals surface area (Å²) < 4.78 is 28.1. The summed E-state index contributed by atoms with van der Waals surface area (Å²) in [4.78, 5) is 15.9. The first-order valence-corrected chi connectivity index (χ1v) is 15.5. The van der Waals surface area contributed by atoms with Crippen LogP contribution in [0.15, 0.2) is 126 Å². The van der Waals surface area contributed by atoms with Crippen molar-refractivity contribution in [3.63, 3.8) is 0 Å². The maximum absolute atomic E-state index is 16.5. The molecule has 0 radical (unpaired) electrons. The number of hydrogen-bond donors (Lipinski definition) is 2. The number of hydrogen-bond acceptors (Lipinski definition) is 7. The number of ketones is 1. The molecule has 0 amide bonds. The first-order valence-electron chi connectivity index (χ1n) is 15.5. The van der Waals surface area contributed by atoms with E-state index in [-0.39, 0.29) is 35.5 Å². The molecular formula is C39H34FN3O4. The molecule has 2 N–H and O–H groups in total. The van der Waals surface area contributed by atoms with Gasteiger partial charge in [0, 0.05) is 41.0 Å². The Balaban J connectivity index is 1.38. The number of nitrogens with one attached hydrogen (secondary N) is 1. The molecule has 1 unspecified atom stereocenters. The molecule has 5 aromatic rings. The van der Waals surface area contributed by atoms with Crippen molar-refractivity contribution in [2.45, 2.75) is 39.3 Å². The molecule has 7 nitrogen and oxygen atoms in total. The Hall–Kier alpha value is -5.63. The van der Waals surface area contributed by atoms with Gasteiger partial charge >= 0.3 is 0 Å². The average molecular weight is 628 g/mol. The number of phenols is 1. The molecule has 0 fully saturated rings. The van der Waals surface area contributed by atoms with E-state index in [1.165, 1.54) is 6.07 Å². The lowest BCUT2D eigenvalue weighted by molar-refractivity contribution is -0.118. The summed E-state index contributed by atoms with van der Waals surface area (Å²) in [5, 5.41) is 18.9. The topological polar surface area (TPSA) is 87.8 Å². The first kappa shape index (κ1) is 30.0. The molecular weight excluding hydrogens is 593 g/mol. The van der Waals surface area contributed by atoms with Gasteiger partial charge in [-0.3, -0.25) is 4.79 Å². The van der Waals surface area contributed by atoms with Crippen molar-refractivity contribution < 1.29 is 23.6 Å². The number of benzene rings is 4. The largest absolute Gasteiger partial charge is 0.506 e. The number of para-hydroxylation sites is 1. The number of allylic oxidation sites excluding steroid dienone is 1. The number of ether oxygens (including phenoxy) is 1. The third-order valence-corrected chi connectivity index (χ3v) is 8.68. The zero-order valence-electron chi connectivity index (χ0n) is 26.2. The highest BCUT2D eigenvalue weighted by Crippen LogP contribution is 2.52. The van der Waals surface area contributed by atoms with E-state index in [1.807, 2.05) is 80.6 Å². The fourth-order valence-corrected chi connectivity index (χ4v) is 6.47. The highest BCUT2D eigenvalue weighted by molar-refractivity contribution is 6.03. The van der Waals surface area contributed by atoms with Gasteiger partial charge in [0.15, 0.2) is 11.5 Å². The van der Waals surface area contributed by atoms with Gasteiger partial charge in [-0.15, -0.1) is 0 Å². The monoisotopic (exact) mass is 627 g/mol. The summed E-state index contributed by atoms with van der Waals surface area (Å²) in [6.45, 7) is 8.75. The highest BCUT2D eigenvalue weighted by Gasteiger charge is 2.44. The summed E-state index contributed by atoms with van der Waals surface area (Å²) >= 11 is 0. The van der Waals surface area contributed by atoms with Gasteiger partial charge in [-0.05, 0) is 41.7 Å². The van der Waals surface area contributed by atoms with Gasteiger partial charge in [0.2, 0.25) is 0 Å². The second-order valence-corrected chi connectivity index (χ2v) is 12.7. The van der Waals surface area contributed by atoms with E-state index in [2.05, 4.69) is 17.1 Å². The molecule has 0 spiro atoms. The van der Waals surface area contributed by atoms with E-state index in [0.717, 1.165) is 11.1 Å². The standard InChI is InChI=1S/C39H34FN3O4/c1-24(30-20-35(47-42-30)26-13-8-5-9-14-26)43-32-15-10-16-33(44)37(32)41-31-21-39(2,3)22-34(45)36(31)38(43)28-18-17-27(19-29(28)40)46-23-25-11-6-4-7-12-25/h4-20,38,41,44H,1,21-23H2,2-3H3. The zero-order chi connectivity index (χ0) is 32.7. The van der Waals surface area contributed by atoms with E-state index in [9.17, 15) is 9.90 Å². The van der Waals surface area contributed by atoms with Crippen LogP contribution in [0.1, 0.15) is 49.6 Å². The number of anilines is 2. The Kier molecular flexibility index (Phi) is 7.64. The van der Waals surface area contributed by atoms with Gasteiger partial charge in [-0.25, -0.2) is 4.39 Å². The van der Waals surface area contributed by atoms with Crippen LogP contribution in [0.25, 0.3) is 17.0 Å². The minimum absolute atomic E-state index is 0.0149. The Morgan fingerprint density at radius 1 is 1.02 bits per heavy atom. The minimum atomic E-state index is -0.948. The maximum Gasteiger partial charge on any atom is 0.167 e. The van der Waals surface area contributed by atoms with Crippen molar-refractivity contribution in [3.8, 4) is 22.8 Å². The van der Waals surface area contributed by atoms with Gasteiger partial charge in [0.1, 0.15) is 35.3 Å². The van der Waals surface area contributed by atoms with Crippen LogP contribution in [0.5, 0.6) is 11.5 Å². The normalized spacial score (nSPS) is 17.0. The summed E-state index contributed by atoms with van der Waals surface area (Å²) in [5.74, 6) is 0.215. The van der Waals surface area contributed by atoms with E-state index in [0.29, 0.717) is 52.0 Å². The fourth-order valence-electron chi connectivity index (χ4n) is 6.47. The van der Waals surface area contributed by atoms with Crippen molar-refractivity contribution >= 4 is 22.9 Å². The number of aromatic nitrogens is 1. The molecule has 47 heavy (non-hydrogen) atoms. The molecule has 0 saturated heterocycles. The second-order valence-electron chi connectivity index (χ2n) is 12.7. The number of carbonyl (C=O) groups is 1. The molecule has 236 valence electrons. The number of rotatable bonds is 7. The molecule has 2 heterocycles. The number of halogens is 1. The smallest absolute Gasteiger partial charge is 0.167 e. The Labute approximate surface area is 272 Å².